The lowest BCUT2D eigenvalue weighted by atomic mass is 10.3. The summed E-state index contributed by atoms with van der Waals surface area (Å²) in [6, 6.07) is 10.3. The maximum Gasteiger partial charge on any atom is 0.317 e. The molecule has 0 bridgehead atoms. The molecule has 6 nitrogen and oxygen atoms in total. The molecule has 0 aliphatic carbocycles. The van der Waals surface area contributed by atoms with Gasteiger partial charge in [-0.2, -0.15) is 0 Å². The topological polar surface area (TPSA) is 52.9 Å². The van der Waals surface area contributed by atoms with Crippen LogP contribution in [0.5, 0.6) is 0 Å². The van der Waals surface area contributed by atoms with Crippen LogP contribution in [0.4, 0.5) is 4.79 Å². The van der Waals surface area contributed by atoms with Gasteiger partial charge in [0.25, 0.3) is 0 Å². The molecule has 0 saturated carbocycles. The van der Waals surface area contributed by atoms with E-state index in [0.717, 1.165) is 56.9 Å². The summed E-state index contributed by atoms with van der Waals surface area (Å²) in [6.07, 6.45) is 5.77. The number of hydrogen-bond donors (Lipinski definition) is 1. The third-order valence-corrected chi connectivity index (χ3v) is 5.77. The first-order valence-electron chi connectivity index (χ1n) is 9.48. The van der Waals surface area contributed by atoms with Crippen LogP contribution in [0.15, 0.2) is 48.1 Å². The smallest absolute Gasteiger partial charge is 0.317 e. The highest BCUT2D eigenvalue weighted by Gasteiger charge is 2.19. The average molecular weight is 384 g/mol. The van der Waals surface area contributed by atoms with Crippen molar-refractivity contribution in [1.82, 2.24) is 24.5 Å². The van der Waals surface area contributed by atoms with E-state index in [1.807, 2.05) is 39.9 Å². The lowest BCUT2D eigenvalue weighted by molar-refractivity contribution is 0.198. The Bertz CT molecular complexity index is 843. The van der Waals surface area contributed by atoms with Crippen LogP contribution in [0.2, 0.25) is 0 Å². The largest absolute Gasteiger partial charge is 0.338 e. The van der Waals surface area contributed by atoms with E-state index in [0.29, 0.717) is 6.54 Å². The van der Waals surface area contributed by atoms with Gasteiger partial charge in [-0.1, -0.05) is 12.1 Å². The van der Waals surface area contributed by atoms with Crippen molar-refractivity contribution in [3.05, 3.63) is 58.7 Å². The molecule has 7 heteroatoms. The zero-order valence-electron chi connectivity index (χ0n) is 15.4. The molecular formula is C20H25N5OS. The fourth-order valence-electron chi connectivity index (χ4n) is 3.47. The van der Waals surface area contributed by atoms with Crippen LogP contribution in [0.25, 0.3) is 5.65 Å². The van der Waals surface area contributed by atoms with Crippen LogP contribution >= 0.6 is 11.3 Å². The molecule has 1 fully saturated rings. The molecule has 4 rings (SSSR count). The number of fused-ring (bicyclic) bond motifs is 1. The molecule has 3 aromatic rings. The second-order valence-corrected chi connectivity index (χ2v) is 7.91. The Kier molecular flexibility index (Phi) is 5.69. The van der Waals surface area contributed by atoms with Gasteiger partial charge < -0.3 is 14.6 Å². The van der Waals surface area contributed by atoms with Crippen LogP contribution in [-0.2, 0) is 13.0 Å². The van der Waals surface area contributed by atoms with Gasteiger partial charge in [0, 0.05) is 63.0 Å². The van der Waals surface area contributed by atoms with E-state index < -0.39 is 0 Å². The predicted octanol–water partition coefficient (Wildman–Crippen LogP) is 2.86. The van der Waals surface area contributed by atoms with Gasteiger partial charge in [-0.3, -0.25) is 4.90 Å². The Morgan fingerprint density at radius 1 is 1.15 bits per heavy atom. The molecule has 0 spiro atoms. The lowest BCUT2D eigenvalue weighted by Crippen LogP contribution is -2.42. The normalized spacial score (nSPS) is 15.8. The third kappa shape index (κ3) is 4.67. The molecule has 1 N–H and O–H groups in total. The van der Waals surface area contributed by atoms with E-state index in [-0.39, 0.29) is 6.03 Å². The first kappa shape index (κ1) is 18.0. The summed E-state index contributed by atoms with van der Waals surface area (Å²) in [4.78, 5) is 22.9. The van der Waals surface area contributed by atoms with Crippen molar-refractivity contribution in [3.8, 4) is 0 Å². The lowest BCUT2D eigenvalue weighted by Gasteiger charge is -2.22. The van der Waals surface area contributed by atoms with E-state index in [2.05, 4.69) is 32.7 Å². The van der Waals surface area contributed by atoms with Gasteiger partial charge in [0.05, 0.1) is 5.69 Å². The molecule has 4 heterocycles. The average Bonchev–Trinajstić information content (AvgIpc) is 3.26. The molecule has 0 atom stereocenters. The van der Waals surface area contributed by atoms with E-state index in [4.69, 9.17) is 0 Å². The Morgan fingerprint density at radius 3 is 2.96 bits per heavy atom. The van der Waals surface area contributed by atoms with Crippen molar-refractivity contribution in [1.29, 1.82) is 0 Å². The molecule has 0 radical (unpaired) electrons. The van der Waals surface area contributed by atoms with Crippen molar-refractivity contribution < 1.29 is 4.79 Å². The molecule has 27 heavy (non-hydrogen) atoms. The number of pyridine rings is 1. The summed E-state index contributed by atoms with van der Waals surface area (Å²) in [7, 11) is 0. The number of imidazole rings is 1. The number of aromatic nitrogens is 2. The molecular weight excluding hydrogens is 358 g/mol. The number of urea groups is 1. The van der Waals surface area contributed by atoms with E-state index >= 15 is 0 Å². The molecule has 142 valence electrons. The SMILES string of the molecule is O=C(NCCc1cn2ccccc2n1)N1CCCN(Cc2cccs2)CC1. The van der Waals surface area contributed by atoms with Crippen LogP contribution in [0, 0.1) is 0 Å². The highest BCUT2D eigenvalue weighted by atomic mass is 32.1. The summed E-state index contributed by atoms with van der Waals surface area (Å²) in [5, 5.41) is 5.18. The zero-order valence-corrected chi connectivity index (χ0v) is 16.2. The minimum absolute atomic E-state index is 0.0386. The van der Waals surface area contributed by atoms with Crippen LogP contribution in [0.1, 0.15) is 17.0 Å². The maximum absolute atomic E-state index is 12.5. The Balaban J connectivity index is 1.23. The van der Waals surface area contributed by atoms with Gasteiger partial charge in [-0.15, -0.1) is 11.3 Å². The van der Waals surface area contributed by atoms with Gasteiger partial charge in [0.1, 0.15) is 5.65 Å². The van der Waals surface area contributed by atoms with Crippen molar-refractivity contribution in [2.45, 2.75) is 19.4 Å². The number of amides is 2. The molecule has 0 aromatic carbocycles. The summed E-state index contributed by atoms with van der Waals surface area (Å²) < 4.78 is 2.01. The van der Waals surface area contributed by atoms with Crippen molar-refractivity contribution in [2.24, 2.45) is 0 Å². The number of rotatable bonds is 5. The second kappa shape index (κ2) is 8.54. The van der Waals surface area contributed by atoms with Gasteiger partial charge in [0.15, 0.2) is 0 Å². The van der Waals surface area contributed by atoms with Gasteiger partial charge in [-0.05, 0) is 30.0 Å². The summed E-state index contributed by atoms with van der Waals surface area (Å²) >= 11 is 1.80. The standard InChI is InChI=1S/C20H25N5OS/c26-20(21-8-7-17-15-25-10-2-1-6-19(25)22-17)24-11-4-9-23(12-13-24)16-18-5-3-14-27-18/h1-3,5-6,10,14-15H,4,7-9,11-13,16H2,(H,21,26). The Hall–Kier alpha value is -2.38. The first-order chi connectivity index (χ1) is 13.3. The highest BCUT2D eigenvalue weighted by molar-refractivity contribution is 7.09. The van der Waals surface area contributed by atoms with Crippen molar-refractivity contribution in [3.63, 3.8) is 0 Å². The van der Waals surface area contributed by atoms with Gasteiger partial charge in [-0.25, -0.2) is 9.78 Å². The molecule has 1 aliphatic heterocycles. The molecule has 1 saturated heterocycles. The van der Waals surface area contributed by atoms with Gasteiger partial charge in [0.2, 0.25) is 0 Å². The number of carbonyl (C=O) groups excluding carboxylic acids is 1. The molecule has 1 aliphatic rings. The monoisotopic (exact) mass is 383 g/mol. The number of thiophene rings is 1. The molecule has 3 aromatic heterocycles. The number of hydrogen-bond acceptors (Lipinski definition) is 4. The van der Waals surface area contributed by atoms with Crippen LogP contribution in [-0.4, -0.2) is 57.9 Å². The minimum atomic E-state index is 0.0386. The number of carbonyl (C=O) groups is 1. The van der Waals surface area contributed by atoms with Crippen LogP contribution in [0.3, 0.4) is 0 Å². The van der Waals surface area contributed by atoms with Crippen molar-refractivity contribution in [2.75, 3.05) is 32.7 Å². The van der Waals surface area contributed by atoms with E-state index in [9.17, 15) is 4.79 Å². The fraction of sp³-hybridized carbons (Fsp3) is 0.400. The Morgan fingerprint density at radius 2 is 2.11 bits per heavy atom. The summed E-state index contributed by atoms with van der Waals surface area (Å²) in [5.41, 5.74) is 1.94. The van der Waals surface area contributed by atoms with E-state index in [1.165, 1.54) is 4.88 Å². The first-order valence-corrected chi connectivity index (χ1v) is 10.4. The molecule has 0 unspecified atom stereocenters. The summed E-state index contributed by atoms with van der Waals surface area (Å²) in [6.45, 7) is 5.17. The highest BCUT2D eigenvalue weighted by Crippen LogP contribution is 2.14. The van der Waals surface area contributed by atoms with E-state index in [1.54, 1.807) is 11.3 Å². The van der Waals surface area contributed by atoms with Crippen LogP contribution < -0.4 is 5.32 Å². The van der Waals surface area contributed by atoms with Crippen molar-refractivity contribution >= 4 is 23.0 Å². The fourth-order valence-corrected chi connectivity index (χ4v) is 4.22. The molecule has 2 amide bonds. The minimum Gasteiger partial charge on any atom is -0.338 e. The predicted molar refractivity (Wildman–Crippen MR) is 108 cm³/mol. The Labute approximate surface area is 163 Å². The number of nitrogens with one attached hydrogen (secondary N) is 1. The third-order valence-electron chi connectivity index (χ3n) is 4.91. The summed E-state index contributed by atoms with van der Waals surface area (Å²) in [5.74, 6) is 0. The van der Waals surface area contributed by atoms with Gasteiger partial charge >= 0.3 is 6.03 Å². The quantitative estimate of drug-likeness (QED) is 0.737. The second-order valence-electron chi connectivity index (χ2n) is 6.88. The maximum atomic E-state index is 12.5. The zero-order chi connectivity index (χ0) is 18.5. The number of nitrogens with zero attached hydrogens (tertiary/aromatic N) is 4.